The zero-order chi connectivity index (χ0) is 48.5. The molecule has 2 fully saturated rings. The largest absolute Gasteiger partial charge is 0.491 e. The highest BCUT2D eigenvalue weighted by Gasteiger charge is 2.51. The fourth-order valence-electron chi connectivity index (χ4n) is 7.77. The molecule has 0 radical (unpaired) electrons. The van der Waals surface area contributed by atoms with Gasteiger partial charge in [-0.1, -0.05) is 56.6 Å². The number of unbranched alkanes of at least 4 members (excludes halogenated alkanes) is 1. The third kappa shape index (κ3) is 12.1. The molecule has 0 saturated carbocycles. The molecule has 67 heavy (non-hydrogen) atoms. The quantitative estimate of drug-likeness (QED) is 0.0660. The Labute approximate surface area is 398 Å². The van der Waals surface area contributed by atoms with Gasteiger partial charge >= 0.3 is 0 Å². The number of carbonyl (C=O) groups excluding carboxylic acids is 4. The number of likely N-dealkylation sites (tertiary alicyclic amines) is 1. The Morgan fingerprint density at radius 3 is 2.42 bits per heavy atom. The van der Waals surface area contributed by atoms with Crippen LogP contribution in [-0.4, -0.2) is 95.8 Å². The van der Waals surface area contributed by atoms with E-state index < -0.39 is 46.5 Å². The lowest BCUT2D eigenvalue weighted by molar-refractivity contribution is -0.144. The Morgan fingerprint density at radius 2 is 1.73 bits per heavy atom. The molecule has 1 aromatic heterocycles. The minimum absolute atomic E-state index is 0.00213. The summed E-state index contributed by atoms with van der Waals surface area (Å²) in [6.07, 6.45) is 5.91. The van der Waals surface area contributed by atoms with E-state index in [1.165, 1.54) is 23.4 Å². The van der Waals surface area contributed by atoms with Crippen molar-refractivity contribution in [3.05, 3.63) is 95.0 Å². The summed E-state index contributed by atoms with van der Waals surface area (Å²) in [5, 5.41) is 14.9. The summed E-state index contributed by atoms with van der Waals surface area (Å²) in [6.45, 7) is 10.5. The molecule has 19 heteroatoms. The van der Waals surface area contributed by atoms with E-state index >= 15 is 8.78 Å². The van der Waals surface area contributed by atoms with Gasteiger partial charge in [-0.3, -0.25) is 24.1 Å². The summed E-state index contributed by atoms with van der Waals surface area (Å²) in [7, 11) is 0. The van der Waals surface area contributed by atoms with Gasteiger partial charge in [0.2, 0.25) is 17.7 Å². The molecule has 2 saturated heterocycles. The van der Waals surface area contributed by atoms with Crippen molar-refractivity contribution in [3.8, 4) is 23.1 Å². The van der Waals surface area contributed by atoms with Gasteiger partial charge in [0.1, 0.15) is 36.1 Å². The zero-order valence-corrected chi connectivity index (χ0v) is 39.6. The maximum atomic E-state index is 15.3. The normalized spacial score (nSPS) is 16.3. The monoisotopic (exact) mass is 961 g/mol. The molecule has 15 nitrogen and oxygen atoms in total. The van der Waals surface area contributed by atoms with Crippen molar-refractivity contribution < 1.29 is 46.6 Å². The molecule has 0 aliphatic carbocycles. The molecule has 356 valence electrons. The predicted octanol–water partition coefficient (Wildman–Crippen LogP) is 7.48. The fourth-order valence-corrected chi connectivity index (χ4v) is 8.49. The number of rotatable bonds is 20. The first-order chi connectivity index (χ1) is 31.9. The first-order valence-corrected chi connectivity index (χ1v) is 22.7. The molecular weight excluding hydrogens is 908 g/mol. The van der Waals surface area contributed by atoms with Crippen LogP contribution in [0, 0.1) is 28.4 Å². The number of hydrogen-bond donors (Lipinski definition) is 2. The van der Waals surface area contributed by atoms with E-state index in [2.05, 4.69) is 15.6 Å². The number of amides is 4. The van der Waals surface area contributed by atoms with E-state index in [0.29, 0.717) is 64.2 Å². The summed E-state index contributed by atoms with van der Waals surface area (Å²) in [5.41, 5.74) is -0.245. The highest BCUT2D eigenvalue weighted by Crippen LogP contribution is 2.40. The molecule has 2 atom stereocenters. The Morgan fingerprint density at radius 1 is 1.01 bits per heavy atom. The number of thiocarbonyl (C=S) groups is 1. The van der Waals surface area contributed by atoms with Crippen LogP contribution < -0.4 is 25.2 Å². The van der Waals surface area contributed by atoms with Crippen molar-refractivity contribution in [2.75, 3.05) is 49.4 Å². The standard InChI is InChI=1S/C48H54ClF2N7O8S/c1-47(2,3)42(44(61)56-17-8-10-37(56)43(60)54-26-30-11-13-31(14-12-30)40-27-53-29-66-40)55-41(59)28-64-20-9-19-63-18-6-7-21-65-39-16-15-33(23-36(39)51)58-46(67)57(45(62)48(58,4)5)38-24-34(49)32(25-52)22-35(38)50/h11-16,22-24,27,29,37,42H,6-10,17-21,26,28H2,1-5H3,(H,54,60)(H,55,59)/t37-,42?/m0/s1. The highest BCUT2D eigenvalue weighted by molar-refractivity contribution is 7.81. The van der Waals surface area contributed by atoms with Gasteiger partial charge in [-0.2, -0.15) is 5.26 Å². The molecule has 6 rings (SSSR count). The first kappa shape index (κ1) is 50.4. The fraction of sp³-hybridized carbons (Fsp3) is 0.438. The minimum atomic E-state index is -1.31. The van der Waals surface area contributed by atoms with E-state index in [1.807, 2.05) is 45.0 Å². The number of nitriles is 1. The van der Waals surface area contributed by atoms with Crippen molar-refractivity contribution in [1.29, 1.82) is 5.26 Å². The maximum absolute atomic E-state index is 15.3. The topological polar surface area (TPSA) is 180 Å². The molecule has 1 unspecified atom stereocenters. The smallest absolute Gasteiger partial charge is 0.259 e. The summed E-state index contributed by atoms with van der Waals surface area (Å²) in [5.74, 6) is -2.47. The van der Waals surface area contributed by atoms with Crippen LogP contribution in [0.25, 0.3) is 11.3 Å². The van der Waals surface area contributed by atoms with E-state index in [4.69, 9.17) is 42.4 Å². The van der Waals surface area contributed by atoms with Crippen LogP contribution in [0.1, 0.15) is 77.8 Å². The lowest BCUT2D eigenvalue weighted by Crippen LogP contribution is -2.58. The molecule has 4 aromatic rings. The number of ether oxygens (including phenoxy) is 3. The van der Waals surface area contributed by atoms with Gasteiger partial charge in [0.05, 0.1) is 29.1 Å². The van der Waals surface area contributed by atoms with Crippen LogP contribution in [0.15, 0.2) is 71.6 Å². The van der Waals surface area contributed by atoms with Gasteiger partial charge in [-0.05, 0) is 93.4 Å². The first-order valence-electron chi connectivity index (χ1n) is 21.9. The van der Waals surface area contributed by atoms with Crippen molar-refractivity contribution in [3.63, 3.8) is 0 Å². The second-order valence-corrected chi connectivity index (χ2v) is 18.5. The zero-order valence-electron chi connectivity index (χ0n) is 38.0. The van der Waals surface area contributed by atoms with Gasteiger partial charge in [-0.15, -0.1) is 0 Å². The van der Waals surface area contributed by atoms with Crippen molar-refractivity contribution in [2.45, 2.75) is 90.9 Å². The van der Waals surface area contributed by atoms with E-state index in [1.54, 1.807) is 37.1 Å². The number of oxazole rings is 1. The SMILES string of the molecule is CC(C)(C)C(NC(=O)COCCCOCCCCOc1ccc(N2C(=S)N(c3cc(Cl)c(C#N)cc3F)C(=O)C2(C)C)cc1F)C(=O)N1CCC[C@H]1C(=O)NCc1ccc(-c2cnco2)cc1. The van der Waals surface area contributed by atoms with E-state index in [-0.39, 0.29) is 64.5 Å². The number of halogens is 3. The lowest BCUT2D eigenvalue weighted by Gasteiger charge is -2.35. The van der Waals surface area contributed by atoms with Crippen molar-refractivity contribution >= 4 is 63.9 Å². The molecule has 2 aliphatic rings. The van der Waals surface area contributed by atoms with Crippen molar-refractivity contribution in [1.82, 2.24) is 20.5 Å². The predicted molar refractivity (Wildman–Crippen MR) is 250 cm³/mol. The molecule has 3 aromatic carbocycles. The third-order valence-electron chi connectivity index (χ3n) is 11.4. The average molecular weight is 963 g/mol. The molecule has 0 bridgehead atoms. The number of nitrogens with one attached hydrogen (secondary N) is 2. The molecular formula is C48H54ClF2N7O8S. The summed E-state index contributed by atoms with van der Waals surface area (Å²) < 4.78 is 52.6. The van der Waals surface area contributed by atoms with Crippen molar-refractivity contribution in [2.24, 2.45) is 5.41 Å². The van der Waals surface area contributed by atoms with Crippen LogP contribution in [0.3, 0.4) is 0 Å². The lowest BCUT2D eigenvalue weighted by atomic mass is 9.85. The maximum Gasteiger partial charge on any atom is 0.259 e. The van der Waals surface area contributed by atoms with Crippen LogP contribution in [0.5, 0.6) is 5.75 Å². The highest BCUT2D eigenvalue weighted by atomic mass is 35.5. The van der Waals surface area contributed by atoms with E-state index in [9.17, 15) is 24.4 Å². The Bertz CT molecular complexity index is 2480. The second-order valence-electron chi connectivity index (χ2n) is 17.7. The van der Waals surface area contributed by atoms with Gasteiger partial charge in [0.15, 0.2) is 28.8 Å². The van der Waals surface area contributed by atoms with Gasteiger partial charge in [0.25, 0.3) is 5.91 Å². The van der Waals surface area contributed by atoms with Crippen LogP contribution in [0.4, 0.5) is 20.2 Å². The van der Waals surface area contributed by atoms with Gasteiger partial charge < -0.3 is 39.1 Å². The van der Waals surface area contributed by atoms with Crippen LogP contribution in [-0.2, 0) is 35.2 Å². The molecule has 3 heterocycles. The van der Waals surface area contributed by atoms with E-state index in [0.717, 1.165) is 28.2 Å². The van der Waals surface area contributed by atoms with Crippen LogP contribution in [0.2, 0.25) is 5.02 Å². The number of benzene rings is 3. The molecule has 4 amide bonds. The molecule has 2 N–H and O–H groups in total. The summed E-state index contributed by atoms with van der Waals surface area (Å²) >= 11 is 11.7. The van der Waals surface area contributed by atoms with Gasteiger partial charge in [-0.25, -0.2) is 13.8 Å². The number of hydrogen-bond acceptors (Lipinski definition) is 11. The minimum Gasteiger partial charge on any atom is -0.491 e. The second kappa shape index (κ2) is 22.2. The number of nitrogens with zero attached hydrogens (tertiary/aromatic N) is 5. The summed E-state index contributed by atoms with van der Waals surface area (Å²) in [4.78, 5) is 61.5. The van der Waals surface area contributed by atoms with Crippen LogP contribution >= 0.6 is 23.8 Å². The Hall–Kier alpha value is -6.00. The average Bonchev–Trinajstić information content (AvgIpc) is 4.05. The number of carbonyl (C=O) groups is 4. The Balaban J connectivity index is 0.862. The Kier molecular flexibility index (Phi) is 16.7. The molecule has 0 spiro atoms. The molecule has 2 aliphatic heterocycles. The summed E-state index contributed by atoms with van der Waals surface area (Å²) in [6, 6.07) is 14.1. The number of aromatic nitrogens is 1. The third-order valence-corrected chi connectivity index (χ3v) is 12.1. The number of anilines is 2. The van der Waals surface area contributed by atoms with Gasteiger partial charge in [0, 0.05) is 50.2 Å².